The Morgan fingerprint density at radius 3 is 2.30 bits per heavy atom. The normalized spacial score (nSPS) is 15.5. The number of hydrogen-bond donors (Lipinski definition) is 1. The molecule has 0 saturated carbocycles. The van der Waals surface area contributed by atoms with Gasteiger partial charge in [-0.05, 0) is 56.0 Å². The van der Waals surface area contributed by atoms with Crippen molar-refractivity contribution in [3.63, 3.8) is 0 Å². The number of amides is 1. The third-order valence-electron chi connectivity index (χ3n) is 4.90. The van der Waals surface area contributed by atoms with Gasteiger partial charge in [-0.15, -0.1) is 0 Å². The molecule has 1 heterocycles. The van der Waals surface area contributed by atoms with Crippen LogP contribution in [0.25, 0.3) is 0 Å². The first-order valence-corrected chi connectivity index (χ1v) is 10.8. The number of carbonyl (C=O) groups is 1. The van der Waals surface area contributed by atoms with Gasteiger partial charge in [-0.25, -0.2) is 8.42 Å². The van der Waals surface area contributed by atoms with E-state index in [0.29, 0.717) is 18.0 Å². The van der Waals surface area contributed by atoms with Crippen molar-refractivity contribution < 1.29 is 13.2 Å². The monoisotopic (exact) mass is 386 g/mol. The summed E-state index contributed by atoms with van der Waals surface area (Å²) in [5.41, 5.74) is 3.76. The van der Waals surface area contributed by atoms with Crippen molar-refractivity contribution in [1.82, 2.24) is 4.31 Å². The number of nitrogens with zero attached hydrogens (tertiary/aromatic N) is 1. The highest BCUT2D eigenvalue weighted by molar-refractivity contribution is 7.89. The average molecular weight is 387 g/mol. The van der Waals surface area contributed by atoms with Crippen LogP contribution in [-0.4, -0.2) is 31.7 Å². The van der Waals surface area contributed by atoms with Crippen LogP contribution < -0.4 is 5.32 Å². The molecule has 0 bridgehead atoms. The molecule has 0 radical (unpaired) electrons. The van der Waals surface area contributed by atoms with Gasteiger partial charge in [-0.1, -0.05) is 36.2 Å². The molecular formula is C21H26N2O3S. The van der Waals surface area contributed by atoms with Crippen molar-refractivity contribution in [2.45, 2.75) is 44.4 Å². The molecule has 1 fully saturated rings. The quantitative estimate of drug-likeness (QED) is 0.853. The number of rotatable bonds is 5. The molecule has 1 N–H and O–H groups in total. The summed E-state index contributed by atoms with van der Waals surface area (Å²) in [6, 6.07) is 12.5. The van der Waals surface area contributed by atoms with Gasteiger partial charge in [-0.3, -0.25) is 4.79 Å². The summed E-state index contributed by atoms with van der Waals surface area (Å²) in [6.45, 7) is 5.14. The summed E-state index contributed by atoms with van der Waals surface area (Å²) in [6.07, 6.45) is 3.11. The molecule has 0 aromatic heterocycles. The molecular weight excluding hydrogens is 360 g/mol. The number of carbonyl (C=O) groups excluding carboxylic acids is 1. The minimum absolute atomic E-state index is 0.117. The van der Waals surface area contributed by atoms with E-state index in [2.05, 4.69) is 5.32 Å². The summed E-state index contributed by atoms with van der Waals surface area (Å²) in [5.74, 6) is -0.117. The maximum Gasteiger partial charge on any atom is 0.243 e. The van der Waals surface area contributed by atoms with Gasteiger partial charge in [0.25, 0.3) is 0 Å². The van der Waals surface area contributed by atoms with E-state index in [9.17, 15) is 13.2 Å². The lowest BCUT2D eigenvalue weighted by molar-refractivity contribution is -0.115. The number of anilines is 1. The van der Waals surface area contributed by atoms with E-state index in [-0.39, 0.29) is 12.3 Å². The molecule has 0 unspecified atom stereocenters. The molecule has 0 aliphatic carbocycles. The molecule has 5 nitrogen and oxygen atoms in total. The van der Waals surface area contributed by atoms with Gasteiger partial charge >= 0.3 is 0 Å². The third-order valence-corrected chi connectivity index (χ3v) is 6.81. The van der Waals surface area contributed by atoms with Gasteiger partial charge in [0.15, 0.2) is 0 Å². The van der Waals surface area contributed by atoms with E-state index >= 15 is 0 Å². The number of sulfonamides is 1. The lowest BCUT2D eigenvalue weighted by Crippen LogP contribution is -2.35. The molecule has 27 heavy (non-hydrogen) atoms. The number of hydrogen-bond acceptors (Lipinski definition) is 3. The van der Waals surface area contributed by atoms with Crippen molar-refractivity contribution in [1.29, 1.82) is 0 Å². The maximum absolute atomic E-state index is 12.7. The Morgan fingerprint density at radius 2 is 1.67 bits per heavy atom. The standard InChI is InChI=1S/C21H26N2O3S/c1-16-6-11-20(17(2)14-16)22-21(24)15-18-7-9-19(10-8-18)27(25,26)23-12-4-3-5-13-23/h6-11,14H,3-5,12-13,15H2,1-2H3,(H,22,24). The Morgan fingerprint density at radius 1 is 1.00 bits per heavy atom. The lowest BCUT2D eigenvalue weighted by Gasteiger charge is -2.25. The van der Waals surface area contributed by atoms with Crippen molar-refractivity contribution in [2.75, 3.05) is 18.4 Å². The third kappa shape index (κ3) is 4.76. The van der Waals surface area contributed by atoms with Crippen LogP contribution in [0.15, 0.2) is 47.4 Å². The molecule has 1 amide bonds. The van der Waals surface area contributed by atoms with E-state index in [1.807, 2.05) is 32.0 Å². The predicted molar refractivity (Wildman–Crippen MR) is 107 cm³/mol. The summed E-state index contributed by atoms with van der Waals surface area (Å²) >= 11 is 0. The first kappa shape index (κ1) is 19.6. The Hall–Kier alpha value is -2.18. The van der Waals surface area contributed by atoms with Crippen molar-refractivity contribution in [3.05, 3.63) is 59.2 Å². The first-order chi connectivity index (χ1) is 12.9. The highest BCUT2D eigenvalue weighted by Gasteiger charge is 2.25. The van der Waals surface area contributed by atoms with Gasteiger partial charge in [0.05, 0.1) is 11.3 Å². The van der Waals surface area contributed by atoms with Crippen LogP contribution in [0.1, 0.15) is 36.0 Å². The van der Waals surface area contributed by atoms with E-state index in [1.165, 1.54) is 0 Å². The van der Waals surface area contributed by atoms with E-state index in [4.69, 9.17) is 0 Å². The van der Waals surface area contributed by atoms with Crippen molar-refractivity contribution >= 4 is 21.6 Å². The Labute approximate surface area is 161 Å². The van der Waals surface area contributed by atoms with Crippen LogP contribution in [0.2, 0.25) is 0 Å². The second kappa shape index (κ2) is 8.23. The fraction of sp³-hybridized carbons (Fsp3) is 0.381. The molecule has 2 aromatic carbocycles. The molecule has 1 saturated heterocycles. The van der Waals surface area contributed by atoms with Crippen LogP contribution in [0.4, 0.5) is 5.69 Å². The van der Waals surface area contributed by atoms with Gasteiger partial charge < -0.3 is 5.32 Å². The van der Waals surface area contributed by atoms with Gasteiger partial charge in [-0.2, -0.15) is 4.31 Å². The van der Waals surface area contributed by atoms with Crippen molar-refractivity contribution in [2.24, 2.45) is 0 Å². The predicted octanol–water partition coefficient (Wildman–Crippen LogP) is 3.66. The molecule has 3 rings (SSSR count). The fourth-order valence-electron chi connectivity index (χ4n) is 3.37. The van der Waals surface area contributed by atoms with Crippen LogP contribution in [0.5, 0.6) is 0 Å². The molecule has 0 spiro atoms. The summed E-state index contributed by atoms with van der Waals surface area (Å²) in [7, 11) is -3.43. The molecule has 0 atom stereocenters. The van der Waals surface area contributed by atoms with Crippen LogP contribution >= 0.6 is 0 Å². The van der Waals surface area contributed by atoms with Crippen LogP contribution in [-0.2, 0) is 21.2 Å². The van der Waals surface area contributed by atoms with E-state index < -0.39 is 10.0 Å². The van der Waals surface area contributed by atoms with E-state index in [0.717, 1.165) is 41.6 Å². The smallest absolute Gasteiger partial charge is 0.243 e. The van der Waals surface area contributed by atoms with Crippen LogP contribution in [0, 0.1) is 13.8 Å². The number of piperidine rings is 1. The zero-order chi connectivity index (χ0) is 19.4. The van der Waals surface area contributed by atoms with Gasteiger partial charge in [0.1, 0.15) is 0 Å². The first-order valence-electron chi connectivity index (χ1n) is 9.32. The Kier molecular flexibility index (Phi) is 5.97. The largest absolute Gasteiger partial charge is 0.326 e. The molecule has 6 heteroatoms. The minimum atomic E-state index is -3.43. The average Bonchev–Trinajstić information content (AvgIpc) is 2.65. The van der Waals surface area contributed by atoms with Crippen LogP contribution in [0.3, 0.4) is 0 Å². The SMILES string of the molecule is Cc1ccc(NC(=O)Cc2ccc(S(=O)(=O)N3CCCCC3)cc2)c(C)c1. The zero-order valence-corrected chi connectivity index (χ0v) is 16.7. The summed E-state index contributed by atoms with van der Waals surface area (Å²) in [5, 5.41) is 2.92. The van der Waals surface area contributed by atoms with Gasteiger partial charge in [0.2, 0.25) is 15.9 Å². The topological polar surface area (TPSA) is 66.5 Å². The zero-order valence-electron chi connectivity index (χ0n) is 15.9. The number of benzene rings is 2. The Balaban J connectivity index is 1.65. The second-order valence-corrected chi connectivity index (χ2v) is 9.09. The molecule has 2 aromatic rings. The summed E-state index contributed by atoms with van der Waals surface area (Å²) in [4.78, 5) is 12.6. The molecule has 1 aliphatic rings. The second-order valence-electron chi connectivity index (χ2n) is 7.15. The minimum Gasteiger partial charge on any atom is -0.326 e. The Bertz CT molecular complexity index is 915. The molecule has 144 valence electrons. The number of aryl methyl sites for hydroxylation is 2. The van der Waals surface area contributed by atoms with Crippen molar-refractivity contribution in [3.8, 4) is 0 Å². The lowest BCUT2D eigenvalue weighted by atomic mass is 10.1. The fourth-order valence-corrected chi connectivity index (χ4v) is 4.88. The van der Waals surface area contributed by atoms with E-state index in [1.54, 1.807) is 28.6 Å². The molecule has 1 aliphatic heterocycles. The van der Waals surface area contributed by atoms with Gasteiger partial charge in [0, 0.05) is 18.8 Å². The highest BCUT2D eigenvalue weighted by atomic mass is 32.2. The maximum atomic E-state index is 12.7. The summed E-state index contributed by atoms with van der Waals surface area (Å²) < 4.78 is 26.9. The number of nitrogens with one attached hydrogen (secondary N) is 1. The highest BCUT2D eigenvalue weighted by Crippen LogP contribution is 2.21.